The third kappa shape index (κ3) is 2.39. The van der Waals surface area contributed by atoms with Crippen molar-refractivity contribution in [2.45, 2.75) is 6.92 Å². The van der Waals surface area contributed by atoms with E-state index in [0.717, 1.165) is 28.0 Å². The van der Waals surface area contributed by atoms with Gasteiger partial charge in [-0.05, 0) is 42.0 Å². The number of nitrogens with zero attached hydrogens (tertiary/aromatic N) is 1. The molecule has 0 radical (unpaired) electrons. The van der Waals surface area contributed by atoms with E-state index < -0.39 is 0 Å². The summed E-state index contributed by atoms with van der Waals surface area (Å²) in [5.74, 6) is 0. The summed E-state index contributed by atoms with van der Waals surface area (Å²) >= 11 is 0. The lowest BCUT2D eigenvalue weighted by Crippen LogP contribution is -1.97. The maximum Gasteiger partial charge on any atom is 0.0789 e. The van der Waals surface area contributed by atoms with Gasteiger partial charge in [0.05, 0.1) is 16.7 Å². The Bertz CT molecular complexity index is 1640. The number of hydrogen-bond donors (Lipinski definition) is 1. The second-order valence-corrected chi connectivity index (χ2v) is 7.86. The highest BCUT2D eigenvalue weighted by Crippen LogP contribution is 2.43. The fourth-order valence-corrected chi connectivity index (χ4v) is 5.01. The lowest BCUT2D eigenvalue weighted by Gasteiger charge is -2.11. The van der Waals surface area contributed by atoms with E-state index in [4.69, 9.17) is 0 Å². The van der Waals surface area contributed by atoms with Crippen molar-refractivity contribution in [2.75, 3.05) is 0 Å². The second-order valence-electron chi connectivity index (χ2n) is 7.86. The Hall–Kier alpha value is -4.04. The summed E-state index contributed by atoms with van der Waals surface area (Å²) in [7, 11) is 0. The third-order valence-electron chi connectivity index (χ3n) is 6.20. The van der Waals surface area contributed by atoms with Gasteiger partial charge < -0.3 is 9.55 Å². The Kier molecular flexibility index (Phi) is 3.87. The van der Waals surface area contributed by atoms with Crippen LogP contribution in [-0.4, -0.2) is 9.55 Å². The molecule has 0 saturated carbocycles. The topological polar surface area (TPSA) is 20.7 Å². The van der Waals surface area contributed by atoms with Gasteiger partial charge >= 0.3 is 0 Å². The molecule has 0 spiro atoms. The average Bonchev–Trinajstić information content (AvgIpc) is 3.36. The quantitative estimate of drug-likeness (QED) is 0.311. The lowest BCUT2D eigenvalue weighted by molar-refractivity contribution is 1.11. The molecular weight excluding hydrogens is 376 g/mol. The van der Waals surface area contributed by atoms with Gasteiger partial charge in [0, 0.05) is 32.9 Å². The van der Waals surface area contributed by atoms with Gasteiger partial charge in [-0.15, -0.1) is 0 Å². The molecule has 6 rings (SSSR count). The van der Waals surface area contributed by atoms with E-state index in [0.29, 0.717) is 0 Å². The molecule has 0 bridgehead atoms. The van der Waals surface area contributed by atoms with Crippen LogP contribution in [0.1, 0.15) is 18.2 Å². The molecule has 6 aromatic rings. The molecule has 0 saturated heterocycles. The monoisotopic (exact) mass is 398 g/mol. The number of benzene rings is 4. The van der Waals surface area contributed by atoms with Crippen LogP contribution in [0.5, 0.6) is 0 Å². The fourth-order valence-electron chi connectivity index (χ4n) is 5.01. The molecule has 0 unspecified atom stereocenters. The third-order valence-corrected chi connectivity index (χ3v) is 6.20. The van der Waals surface area contributed by atoms with Gasteiger partial charge in [0.15, 0.2) is 0 Å². The summed E-state index contributed by atoms with van der Waals surface area (Å²) in [6.45, 7) is 6.27. The minimum atomic E-state index is 1.14. The Morgan fingerprint density at radius 2 is 1.42 bits per heavy atom. The van der Waals surface area contributed by atoms with Crippen molar-refractivity contribution < 1.29 is 0 Å². The predicted octanol–water partition coefficient (Wildman–Crippen LogP) is 8.09. The van der Waals surface area contributed by atoms with E-state index in [-0.39, 0.29) is 0 Å². The zero-order valence-electron chi connectivity index (χ0n) is 17.4. The summed E-state index contributed by atoms with van der Waals surface area (Å²) in [6.07, 6.45) is 6.29. The van der Waals surface area contributed by atoms with E-state index in [1.54, 1.807) is 0 Å². The molecule has 1 N–H and O–H groups in total. The molecule has 0 aliphatic carbocycles. The van der Waals surface area contributed by atoms with Crippen LogP contribution in [0.2, 0.25) is 0 Å². The van der Waals surface area contributed by atoms with Crippen LogP contribution in [0, 0.1) is 0 Å². The number of aromatic amines is 1. The predicted molar refractivity (Wildman–Crippen MR) is 135 cm³/mol. The van der Waals surface area contributed by atoms with Gasteiger partial charge in [-0.3, -0.25) is 0 Å². The molecule has 4 aromatic carbocycles. The van der Waals surface area contributed by atoms with Gasteiger partial charge in [0.25, 0.3) is 0 Å². The maximum absolute atomic E-state index is 4.20. The second kappa shape index (κ2) is 6.75. The first kappa shape index (κ1) is 17.8. The SMILES string of the molecule is C=Cc1c(/C=C\C)n(-c2ccccc2)c2c3[nH]c4ccccc4c3c3ccccc3c12. The molecule has 0 amide bonds. The van der Waals surface area contributed by atoms with Gasteiger partial charge in [-0.1, -0.05) is 79.4 Å². The summed E-state index contributed by atoms with van der Waals surface area (Å²) in [6, 6.07) is 27.9. The number of hydrogen-bond acceptors (Lipinski definition) is 0. The zero-order valence-corrected chi connectivity index (χ0v) is 17.4. The molecule has 2 nitrogen and oxygen atoms in total. The first-order valence-electron chi connectivity index (χ1n) is 10.6. The summed E-state index contributed by atoms with van der Waals surface area (Å²) in [4.78, 5) is 3.75. The number of nitrogens with one attached hydrogen (secondary N) is 1. The largest absolute Gasteiger partial charge is 0.353 e. The van der Waals surface area contributed by atoms with Gasteiger partial charge in [-0.25, -0.2) is 0 Å². The average molecular weight is 399 g/mol. The fraction of sp³-hybridized carbons (Fsp3) is 0.0345. The molecule has 2 heteroatoms. The van der Waals surface area contributed by atoms with Crippen molar-refractivity contribution in [2.24, 2.45) is 0 Å². The smallest absolute Gasteiger partial charge is 0.0789 e. The maximum atomic E-state index is 4.20. The first-order chi connectivity index (χ1) is 15.3. The van der Waals surface area contributed by atoms with E-state index in [1.807, 2.05) is 6.08 Å². The van der Waals surface area contributed by atoms with Crippen molar-refractivity contribution in [3.8, 4) is 5.69 Å². The minimum absolute atomic E-state index is 1.14. The molecule has 0 aliphatic heterocycles. The molecule has 0 aliphatic rings. The van der Waals surface area contributed by atoms with Crippen LogP contribution in [0.15, 0.2) is 91.5 Å². The van der Waals surface area contributed by atoms with E-state index in [1.165, 1.54) is 32.4 Å². The van der Waals surface area contributed by atoms with Crippen LogP contribution >= 0.6 is 0 Å². The van der Waals surface area contributed by atoms with Crippen LogP contribution in [0.4, 0.5) is 0 Å². The van der Waals surface area contributed by atoms with Crippen LogP contribution in [0.3, 0.4) is 0 Å². The number of allylic oxidation sites excluding steroid dienone is 1. The Balaban J connectivity index is 2.01. The van der Waals surface area contributed by atoms with E-state index in [9.17, 15) is 0 Å². The standard InChI is InChI=1S/C29H22N2/c1-3-12-25-20(4-2)27-22-16-9-8-15-21(22)26-23-17-10-11-18-24(23)30-28(26)29(27)31(25)19-13-6-5-7-14-19/h3-18,30H,2H2,1H3/b12-3-. The Morgan fingerprint density at radius 3 is 2.13 bits per heavy atom. The highest BCUT2D eigenvalue weighted by molar-refractivity contribution is 6.32. The molecule has 0 fully saturated rings. The number of para-hydroxylation sites is 2. The number of H-pyrrole nitrogens is 1. The Morgan fingerprint density at radius 1 is 0.774 bits per heavy atom. The molecular formula is C29H22N2. The van der Waals surface area contributed by atoms with Gasteiger partial charge in [-0.2, -0.15) is 0 Å². The summed E-state index contributed by atoms with van der Waals surface area (Å²) in [5.41, 5.74) is 6.97. The molecule has 2 aromatic heterocycles. The highest BCUT2D eigenvalue weighted by atomic mass is 15.0. The number of rotatable bonds is 3. The number of fused-ring (bicyclic) bond motifs is 8. The molecule has 31 heavy (non-hydrogen) atoms. The zero-order chi connectivity index (χ0) is 20.9. The van der Waals surface area contributed by atoms with Crippen molar-refractivity contribution in [3.05, 3.63) is 103 Å². The van der Waals surface area contributed by atoms with Crippen LogP contribution in [-0.2, 0) is 0 Å². The van der Waals surface area contributed by atoms with Crippen molar-refractivity contribution in [3.63, 3.8) is 0 Å². The molecule has 148 valence electrons. The van der Waals surface area contributed by atoms with Crippen LogP contribution in [0.25, 0.3) is 61.3 Å². The number of aromatic nitrogens is 2. The van der Waals surface area contributed by atoms with E-state index in [2.05, 4.69) is 114 Å². The van der Waals surface area contributed by atoms with Crippen molar-refractivity contribution in [1.82, 2.24) is 9.55 Å². The van der Waals surface area contributed by atoms with Gasteiger partial charge in [0.2, 0.25) is 0 Å². The highest BCUT2D eigenvalue weighted by Gasteiger charge is 2.22. The van der Waals surface area contributed by atoms with Crippen molar-refractivity contribution >= 4 is 55.6 Å². The van der Waals surface area contributed by atoms with E-state index >= 15 is 0 Å². The minimum Gasteiger partial charge on any atom is -0.353 e. The molecule has 0 atom stereocenters. The Labute approximate surface area is 180 Å². The van der Waals surface area contributed by atoms with Crippen LogP contribution < -0.4 is 0 Å². The van der Waals surface area contributed by atoms with Gasteiger partial charge in [0.1, 0.15) is 0 Å². The lowest BCUT2D eigenvalue weighted by atomic mass is 9.98. The summed E-state index contributed by atoms with van der Waals surface area (Å²) < 4.78 is 2.37. The first-order valence-corrected chi connectivity index (χ1v) is 10.6. The molecule has 2 heterocycles. The summed E-state index contributed by atoms with van der Waals surface area (Å²) in [5, 5.41) is 6.29. The van der Waals surface area contributed by atoms with Crippen molar-refractivity contribution in [1.29, 1.82) is 0 Å². The normalized spacial score (nSPS) is 12.0.